The van der Waals surface area contributed by atoms with E-state index in [-0.39, 0.29) is 5.63 Å². The van der Waals surface area contributed by atoms with Crippen molar-refractivity contribution in [2.45, 2.75) is 20.4 Å². The van der Waals surface area contributed by atoms with Crippen molar-refractivity contribution in [1.29, 1.82) is 0 Å². The molecular weight excluding hydrogens is 360 g/mol. The van der Waals surface area contributed by atoms with Gasteiger partial charge in [-0.25, -0.2) is 9.36 Å². The summed E-state index contributed by atoms with van der Waals surface area (Å²) in [5.74, 6) is 0. The molecule has 2 aromatic heterocycles. The van der Waals surface area contributed by atoms with Crippen molar-refractivity contribution in [1.82, 2.24) is 0 Å². The van der Waals surface area contributed by atoms with E-state index in [1.54, 1.807) is 0 Å². The van der Waals surface area contributed by atoms with Gasteiger partial charge in [0, 0.05) is 53.5 Å². The molecule has 0 saturated carbocycles. The Morgan fingerprint density at radius 3 is 2.31 bits per heavy atom. The molecule has 146 valence electrons. The van der Waals surface area contributed by atoms with Crippen LogP contribution in [0.15, 0.2) is 88.3 Å². The van der Waals surface area contributed by atoms with E-state index >= 15 is 0 Å². The lowest BCUT2D eigenvalue weighted by Crippen LogP contribution is -2.33. The summed E-state index contributed by atoms with van der Waals surface area (Å²) in [6.45, 7) is 6.86. The molecule has 4 nitrogen and oxygen atoms in total. The maximum absolute atomic E-state index is 12.6. The molecule has 2 aromatic carbocycles. The number of hydrogen-bond acceptors (Lipinski definition) is 3. The molecule has 4 rings (SSSR count). The first-order valence-corrected chi connectivity index (χ1v) is 10.0. The summed E-state index contributed by atoms with van der Waals surface area (Å²) < 4.78 is 7.76. The molecule has 2 heterocycles. The molecule has 29 heavy (non-hydrogen) atoms. The Labute approximate surface area is 170 Å². The highest BCUT2D eigenvalue weighted by Gasteiger charge is 2.12. The number of fused-ring (bicyclic) bond motifs is 1. The predicted molar refractivity (Wildman–Crippen MR) is 117 cm³/mol. The van der Waals surface area contributed by atoms with Gasteiger partial charge in [-0.1, -0.05) is 30.3 Å². The molecule has 0 atom stereocenters. The lowest BCUT2D eigenvalue weighted by atomic mass is 10.1. The van der Waals surface area contributed by atoms with Crippen molar-refractivity contribution in [2.75, 3.05) is 18.0 Å². The molecule has 0 aliphatic rings. The molecule has 0 fully saturated rings. The highest BCUT2D eigenvalue weighted by atomic mass is 16.4. The normalized spacial score (nSPS) is 11.0. The van der Waals surface area contributed by atoms with Crippen LogP contribution < -0.4 is 15.1 Å². The lowest BCUT2D eigenvalue weighted by Gasteiger charge is -2.21. The smallest absolute Gasteiger partial charge is 0.344 e. The minimum absolute atomic E-state index is 0.310. The topological polar surface area (TPSA) is 37.3 Å². The largest absolute Gasteiger partial charge is 0.422 e. The highest BCUT2D eigenvalue weighted by molar-refractivity contribution is 5.84. The molecule has 0 bridgehead atoms. The van der Waals surface area contributed by atoms with Crippen molar-refractivity contribution >= 4 is 16.7 Å². The first-order chi connectivity index (χ1) is 14.2. The molecule has 0 unspecified atom stereocenters. The number of benzene rings is 2. The Morgan fingerprint density at radius 1 is 0.897 bits per heavy atom. The minimum Gasteiger partial charge on any atom is -0.422 e. The summed E-state index contributed by atoms with van der Waals surface area (Å²) in [7, 11) is 0. The Bertz CT molecular complexity index is 1160. The average molecular weight is 385 g/mol. The van der Waals surface area contributed by atoms with Gasteiger partial charge >= 0.3 is 5.63 Å². The van der Waals surface area contributed by atoms with Crippen LogP contribution in [0.4, 0.5) is 5.69 Å². The summed E-state index contributed by atoms with van der Waals surface area (Å²) >= 11 is 0. The summed E-state index contributed by atoms with van der Waals surface area (Å²) in [5, 5.41) is 0.927. The van der Waals surface area contributed by atoms with E-state index in [9.17, 15) is 4.79 Å². The Hall–Kier alpha value is -3.40. The summed E-state index contributed by atoms with van der Waals surface area (Å²) in [4.78, 5) is 14.9. The van der Waals surface area contributed by atoms with Gasteiger partial charge in [0.05, 0.1) is 5.56 Å². The van der Waals surface area contributed by atoms with Crippen molar-refractivity contribution in [3.63, 3.8) is 0 Å². The minimum atomic E-state index is -0.310. The van der Waals surface area contributed by atoms with Crippen LogP contribution in [-0.2, 0) is 6.54 Å². The Morgan fingerprint density at radius 2 is 1.62 bits per heavy atom. The third kappa shape index (κ3) is 4.06. The van der Waals surface area contributed by atoms with E-state index in [2.05, 4.69) is 41.5 Å². The zero-order chi connectivity index (χ0) is 20.2. The van der Waals surface area contributed by atoms with Crippen molar-refractivity contribution in [3.05, 3.63) is 95.1 Å². The summed E-state index contributed by atoms with van der Waals surface area (Å²) in [6, 6.07) is 22.2. The van der Waals surface area contributed by atoms with Gasteiger partial charge in [-0.3, -0.25) is 0 Å². The third-order valence-electron chi connectivity index (χ3n) is 5.26. The van der Waals surface area contributed by atoms with Crippen molar-refractivity contribution < 1.29 is 8.98 Å². The number of nitrogens with zero attached hydrogens (tertiary/aromatic N) is 2. The van der Waals surface area contributed by atoms with Crippen LogP contribution in [0, 0.1) is 0 Å². The highest BCUT2D eigenvalue weighted by Crippen LogP contribution is 2.24. The van der Waals surface area contributed by atoms with Crippen LogP contribution in [0.25, 0.3) is 22.1 Å². The van der Waals surface area contributed by atoms with Gasteiger partial charge in [-0.15, -0.1) is 0 Å². The maximum atomic E-state index is 12.6. The first kappa shape index (κ1) is 18.9. The van der Waals surface area contributed by atoms with Crippen LogP contribution in [-0.4, -0.2) is 13.1 Å². The van der Waals surface area contributed by atoms with E-state index in [4.69, 9.17) is 4.42 Å². The fourth-order valence-electron chi connectivity index (χ4n) is 3.62. The third-order valence-corrected chi connectivity index (χ3v) is 5.26. The van der Waals surface area contributed by atoms with E-state index in [0.29, 0.717) is 11.1 Å². The Kier molecular flexibility index (Phi) is 5.43. The van der Waals surface area contributed by atoms with Gasteiger partial charge in [0.25, 0.3) is 0 Å². The van der Waals surface area contributed by atoms with E-state index < -0.39 is 0 Å². The SMILES string of the molecule is CCN(CC)c1ccc2cc(-c3cc[n+](Cc4ccccc4)cc3)c(=O)oc2c1. The van der Waals surface area contributed by atoms with Crippen LogP contribution in [0.3, 0.4) is 0 Å². The van der Waals surface area contributed by atoms with Crippen molar-refractivity contribution in [2.24, 2.45) is 0 Å². The first-order valence-electron chi connectivity index (χ1n) is 10.0. The molecular formula is C25H25N2O2+. The number of aromatic nitrogens is 1. The van der Waals surface area contributed by atoms with E-state index in [0.717, 1.165) is 36.3 Å². The standard InChI is InChI=1S/C25H25N2O2/c1-3-27(4-2)22-11-10-21-16-23(25(28)29-24(21)17-22)20-12-14-26(15-13-20)18-19-8-6-5-7-9-19/h5-17H,3-4,18H2,1-2H3/q+1. The van der Waals surface area contributed by atoms with Gasteiger partial charge in [0.15, 0.2) is 18.9 Å². The summed E-state index contributed by atoms with van der Waals surface area (Å²) in [5.41, 5.74) is 4.06. The molecule has 4 heteroatoms. The monoisotopic (exact) mass is 385 g/mol. The van der Waals surface area contributed by atoms with Gasteiger partial charge in [0.1, 0.15) is 5.58 Å². The molecule has 0 aliphatic heterocycles. The number of pyridine rings is 1. The van der Waals surface area contributed by atoms with Gasteiger partial charge in [-0.2, -0.15) is 0 Å². The second kappa shape index (κ2) is 8.31. The number of rotatable bonds is 6. The molecule has 0 aliphatic carbocycles. The van der Waals surface area contributed by atoms with E-state index in [1.165, 1.54) is 5.56 Å². The van der Waals surface area contributed by atoms with Crippen molar-refractivity contribution in [3.8, 4) is 11.1 Å². The van der Waals surface area contributed by atoms with Crippen LogP contribution in [0.1, 0.15) is 19.4 Å². The summed E-state index contributed by atoms with van der Waals surface area (Å²) in [6.07, 6.45) is 3.99. The maximum Gasteiger partial charge on any atom is 0.344 e. The quantitative estimate of drug-likeness (QED) is 0.358. The lowest BCUT2D eigenvalue weighted by molar-refractivity contribution is -0.688. The second-order valence-electron chi connectivity index (χ2n) is 7.09. The molecule has 0 saturated heterocycles. The molecule has 0 spiro atoms. The zero-order valence-electron chi connectivity index (χ0n) is 16.8. The van der Waals surface area contributed by atoms with Gasteiger partial charge in [-0.05, 0) is 32.0 Å². The number of anilines is 1. The van der Waals surface area contributed by atoms with Crippen LogP contribution >= 0.6 is 0 Å². The fourth-order valence-corrected chi connectivity index (χ4v) is 3.62. The predicted octanol–water partition coefficient (Wildman–Crippen LogP) is 4.64. The Balaban J connectivity index is 1.64. The zero-order valence-corrected chi connectivity index (χ0v) is 16.8. The van der Waals surface area contributed by atoms with Gasteiger partial charge in [0.2, 0.25) is 0 Å². The molecule has 0 N–H and O–H groups in total. The van der Waals surface area contributed by atoms with Crippen LogP contribution in [0.5, 0.6) is 0 Å². The fraction of sp³-hybridized carbons (Fsp3) is 0.200. The molecule has 4 aromatic rings. The molecule has 0 amide bonds. The van der Waals surface area contributed by atoms with E-state index in [1.807, 2.05) is 60.9 Å². The average Bonchev–Trinajstić information content (AvgIpc) is 2.75. The van der Waals surface area contributed by atoms with Crippen LogP contribution in [0.2, 0.25) is 0 Å². The second-order valence-corrected chi connectivity index (χ2v) is 7.09. The number of hydrogen-bond donors (Lipinski definition) is 0. The molecule has 0 radical (unpaired) electrons. The van der Waals surface area contributed by atoms with Gasteiger partial charge < -0.3 is 9.32 Å².